The zero-order valence-electron chi connectivity index (χ0n) is 7.39. The van der Waals surface area contributed by atoms with Crippen LogP contribution in [0.4, 0.5) is 0 Å². The lowest BCUT2D eigenvalue weighted by atomic mass is 9.77. The van der Waals surface area contributed by atoms with Gasteiger partial charge in [0.1, 0.15) is 0 Å². The molecule has 0 amide bonds. The van der Waals surface area contributed by atoms with E-state index in [1.165, 1.54) is 44.9 Å². The topological polar surface area (TPSA) is 0 Å². The average molecular weight is 151 g/mol. The van der Waals surface area contributed by atoms with Crippen molar-refractivity contribution in [1.29, 1.82) is 0 Å². The van der Waals surface area contributed by atoms with Crippen LogP contribution in [0.25, 0.3) is 0 Å². The molecule has 2 aliphatic carbocycles. The number of hydrogen-bond donors (Lipinski definition) is 0. The van der Waals surface area contributed by atoms with E-state index in [4.69, 9.17) is 0 Å². The molecule has 0 aliphatic heterocycles. The van der Waals surface area contributed by atoms with Crippen molar-refractivity contribution in [2.24, 2.45) is 11.8 Å². The summed E-state index contributed by atoms with van der Waals surface area (Å²) in [5.41, 5.74) is 0. The molecular formula is C11H19. The first-order chi connectivity index (χ1) is 5.47. The highest BCUT2D eigenvalue weighted by Gasteiger charge is 2.25. The van der Waals surface area contributed by atoms with Gasteiger partial charge in [-0.2, -0.15) is 0 Å². The minimum atomic E-state index is 1.09. The first-order valence-electron chi connectivity index (χ1n) is 5.28. The van der Waals surface area contributed by atoms with Gasteiger partial charge in [-0.1, -0.05) is 32.1 Å². The molecule has 0 spiro atoms. The van der Waals surface area contributed by atoms with Crippen LogP contribution >= 0.6 is 0 Å². The summed E-state index contributed by atoms with van der Waals surface area (Å²) < 4.78 is 0. The fraction of sp³-hybridized carbons (Fsp3) is 0.909. The van der Waals surface area contributed by atoms with Gasteiger partial charge < -0.3 is 0 Å². The summed E-state index contributed by atoms with van der Waals surface area (Å²) in [5, 5.41) is 0. The van der Waals surface area contributed by atoms with Crippen molar-refractivity contribution in [1.82, 2.24) is 0 Å². The number of rotatable bonds is 0. The summed E-state index contributed by atoms with van der Waals surface area (Å²) in [5.74, 6) is 2.20. The summed E-state index contributed by atoms with van der Waals surface area (Å²) >= 11 is 0. The lowest BCUT2D eigenvalue weighted by Crippen LogP contribution is -2.18. The second-order valence-electron chi connectivity index (χ2n) is 4.26. The molecule has 2 saturated carbocycles. The van der Waals surface area contributed by atoms with Crippen LogP contribution in [-0.2, 0) is 0 Å². The van der Waals surface area contributed by atoms with Crippen molar-refractivity contribution in [2.45, 2.75) is 51.4 Å². The Morgan fingerprint density at radius 2 is 1.64 bits per heavy atom. The van der Waals surface area contributed by atoms with E-state index < -0.39 is 0 Å². The normalized spacial score (nSPS) is 39.3. The largest absolute Gasteiger partial charge is 0.0533 e. The van der Waals surface area contributed by atoms with Crippen LogP contribution in [0.1, 0.15) is 51.4 Å². The summed E-state index contributed by atoms with van der Waals surface area (Å²) in [7, 11) is 0. The highest BCUT2D eigenvalue weighted by Crippen LogP contribution is 2.38. The van der Waals surface area contributed by atoms with E-state index in [9.17, 15) is 0 Å². The summed E-state index contributed by atoms with van der Waals surface area (Å²) in [6.45, 7) is 0. The van der Waals surface area contributed by atoms with Crippen LogP contribution in [0, 0.1) is 18.3 Å². The van der Waals surface area contributed by atoms with Crippen molar-refractivity contribution in [3.8, 4) is 0 Å². The molecular weight excluding hydrogens is 132 g/mol. The third-order valence-electron chi connectivity index (χ3n) is 3.53. The molecule has 0 aromatic rings. The second kappa shape index (κ2) is 3.60. The molecule has 0 aromatic carbocycles. The van der Waals surface area contributed by atoms with E-state index in [1.807, 2.05) is 0 Å². The summed E-state index contributed by atoms with van der Waals surface area (Å²) in [4.78, 5) is 0. The quantitative estimate of drug-likeness (QED) is 0.496. The molecule has 63 valence electrons. The first-order valence-corrected chi connectivity index (χ1v) is 5.28. The number of fused-ring (bicyclic) bond motifs is 1. The van der Waals surface area contributed by atoms with E-state index in [-0.39, 0.29) is 0 Å². The second-order valence-corrected chi connectivity index (χ2v) is 4.26. The molecule has 0 bridgehead atoms. The molecule has 1 radical (unpaired) electrons. The monoisotopic (exact) mass is 151 g/mol. The molecule has 2 aliphatic rings. The summed E-state index contributed by atoms with van der Waals surface area (Å²) in [6.07, 6.45) is 14.5. The van der Waals surface area contributed by atoms with Crippen molar-refractivity contribution in [3.63, 3.8) is 0 Å². The lowest BCUT2D eigenvalue weighted by Gasteiger charge is -2.29. The van der Waals surface area contributed by atoms with Gasteiger partial charge in [0.2, 0.25) is 0 Å². The predicted molar refractivity (Wildman–Crippen MR) is 48.2 cm³/mol. The Morgan fingerprint density at radius 1 is 0.818 bits per heavy atom. The smallest absolute Gasteiger partial charge is 0.0383 e. The van der Waals surface area contributed by atoms with Crippen molar-refractivity contribution in [3.05, 3.63) is 6.42 Å². The maximum atomic E-state index is 2.52. The molecule has 0 saturated heterocycles. The van der Waals surface area contributed by atoms with Crippen LogP contribution < -0.4 is 0 Å². The fourth-order valence-electron chi connectivity index (χ4n) is 2.82. The average Bonchev–Trinajstić information content (AvgIpc) is 2.28. The summed E-state index contributed by atoms with van der Waals surface area (Å²) in [6, 6.07) is 0. The fourth-order valence-corrected chi connectivity index (χ4v) is 2.82. The minimum absolute atomic E-state index is 1.09. The molecule has 0 heterocycles. The molecule has 11 heavy (non-hydrogen) atoms. The van der Waals surface area contributed by atoms with Crippen LogP contribution in [-0.4, -0.2) is 0 Å². The van der Waals surface area contributed by atoms with Gasteiger partial charge in [0.05, 0.1) is 0 Å². The lowest BCUT2D eigenvalue weighted by molar-refractivity contribution is 0.258. The van der Waals surface area contributed by atoms with Crippen LogP contribution in [0.5, 0.6) is 0 Å². The van der Waals surface area contributed by atoms with Gasteiger partial charge in [-0.15, -0.1) is 0 Å². The van der Waals surface area contributed by atoms with Crippen LogP contribution in [0.15, 0.2) is 0 Å². The van der Waals surface area contributed by atoms with E-state index in [0.29, 0.717) is 0 Å². The first kappa shape index (κ1) is 7.64. The van der Waals surface area contributed by atoms with Gasteiger partial charge in [-0.3, -0.25) is 0 Å². The van der Waals surface area contributed by atoms with Gasteiger partial charge in [0.25, 0.3) is 0 Å². The third kappa shape index (κ3) is 1.77. The SMILES string of the molecule is [CH]1CCC2CCCCCC2C1. The Bertz CT molecular complexity index is 103. The maximum Gasteiger partial charge on any atom is -0.0383 e. The molecule has 2 unspecified atom stereocenters. The Hall–Kier alpha value is 0. The zero-order chi connectivity index (χ0) is 7.52. The Balaban J connectivity index is 1.93. The van der Waals surface area contributed by atoms with E-state index in [2.05, 4.69) is 6.42 Å². The molecule has 2 fully saturated rings. The Morgan fingerprint density at radius 3 is 2.55 bits per heavy atom. The highest BCUT2D eigenvalue weighted by molar-refractivity contribution is 4.85. The van der Waals surface area contributed by atoms with Crippen molar-refractivity contribution >= 4 is 0 Å². The Labute approximate surface area is 70.4 Å². The van der Waals surface area contributed by atoms with Gasteiger partial charge >= 0.3 is 0 Å². The standard InChI is InChI=1S/C11H19/c1-2-6-10-8-4-5-9-11(10)7-3-1/h4,10-11H,1-3,5-9H2. The zero-order valence-corrected chi connectivity index (χ0v) is 7.39. The van der Waals surface area contributed by atoms with E-state index >= 15 is 0 Å². The predicted octanol–water partition coefficient (Wildman–Crippen LogP) is 3.57. The van der Waals surface area contributed by atoms with Crippen LogP contribution in [0.3, 0.4) is 0 Å². The molecule has 2 atom stereocenters. The van der Waals surface area contributed by atoms with Crippen molar-refractivity contribution < 1.29 is 0 Å². The highest BCUT2D eigenvalue weighted by atomic mass is 14.3. The third-order valence-corrected chi connectivity index (χ3v) is 3.53. The van der Waals surface area contributed by atoms with Crippen molar-refractivity contribution in [2.75, 3.05) is 0 Å². The van der Waals surface area contributed by atoms with E-state index in [0.717, 1.165) is 11.8 Å². The van der Waals surface area contributed by atoms with Gasteiger partial charge in [0, 0.05) is 0 Å². The van der Waals surface area contributed by atoms with Crippen LogP contribution in [0.2, 0.25) is 0 Å². The maximum absolute atomic E-state index is 2.52. The molecule has 0 N–H and O–H groups in total. The molecule has 0 nitrogen and oxygen atoms in total. The molecule has 0 aromatic heterocycles. The van der Waals surface area contributed by atoms with Gasteiger partial charge in [0.15, 0.2) is 0 Å². The Kier molecular flexibility index (Phi) is 2.50. The van der Waals surface area contributed by atoms with E-state index in [1.54, 1.807) is 6.42 Å². The van der Waals surface area contributed by atoms with Gasteiger partial charge in [-0.25, -0.2) is 0 Å². The minimum Gasteiger partial charge on any atom is -0.0533 e. The molecule has 2 rings (SSSR count). The van der Waals surface area contributed by atoms with Gasteiger partial charge in [-0.05, 0) is 37.5 Å². The number of hydrogen-bond acceptors (Lipinski definition) is 0. The molecule has 0 heteroatoms.